The highest BCUT2D eigenvalue weighted by atomic mass is 19.4. The summed E-state index contributed by atoms with van der Waals surface area (Å²) in [7, 11) is 0. The molecule has 0 N–H and O–H groups in total. The lowest BCUT2D eigenvalue weighted by atomic mass is 9.85. The van der Waals surface area contributed by atoms with Crippen molar-refractivity contribution in [3.8, 4) is 5.75 Å². The molecule has 0 heterocycles. The summed E-state index contributed by atoms with van der Waals surface area (Å²) in [6, 6.07) is -0.147. The zero-order valence-electron chi connectivity index (χ0n) is 19.9. The number of carbonyl (C=O) groups excluding carboxylic acids is 2. The third-order valence-corrected chi connectivity index (χ3v) is 5.15. The van der Waals surface area contributed by atoms with Crippen molar-refractivity contribution in [1.82, 2.24) is 0 Å². The smallest absolute Gasteiger partial charge is 0.460 e. The molecule has 0 aliphatic carbocycles. The highest BCUT2D eigenvalue weighted by Gasteiger charge is 2.95. The molecular formula is C20H13F17O4. The summed E-state index contributed by atoms with van der Waals surface area (Å²) in [6.45, 7) is 0.301. The summed E-state index contributed by atoms with van der Waals surface area (Å²) >= 11 is 0. The van der Waals surface area contributed by atoms with Crippen LogP contribution < -0.4 is 4.74 Å². The van der Waals surface area contributed by atoms with E-state index in [9.17, 15) is 84.2 Å². The molecular weight excluding hydrogens is 627 g/mol. The minimum atomic E-state index is -8.77. The van der Waals surface area contributed by atoms with Gasteiger partial charge in [0.1, 0.15) is 12.4 Å². The van der Waals surface area contributed by atoms with Crippen molar-refractivity contribution in [2.45, 2.75) is 75.0 Å². The molecule has 0 aliphatic rings. The standard InChI is InChI=1S/C20H13F17O4/c1-7-4-11(10(6-40-8(2)38)5-12(7)41-9(3)39)13(21,22)14(23,24)15(25,26)16(27,28)17(29,30)18(31,32)19(33,34)20(35,36)37/h4-5H,6H2,1-3H3. The van der Waals surface area contributed by atoms with Crippen molar-refractivity contribution < 1.29 is 93.7 Å². The van der Waals surface area contributed by atoms with Crippen LogP contribution in [-0.2, 0) is 26.9 Å². The molecule has 21 heteroatoms. The first-order valence-electron chi connectivity index (χ1n) is 10.0. The summed E-state index contributed by atoms with van der Waals surface area (Å²) in [5.74, 6) is -61.2. The Hall–Kier alpha value is -3.03. The number of alkyl halides is 17. The van der Waals surface area contributed by atoms with E-state index in [1.54, 1.807) is 0 Å². The third-order valence-electron chi connectivity index (χ3n) is 5.15. The molecule has 1 aromatic rings. The number of rotatable bonds is 10. The van der Waals surface area contributed by atoms with E-state index in [0.717, 1.165) is 0 Å². The first-order valence-corrected chi connectivity index (χ1v) is 10.0. The molecule has 0 atom stereocenters. The highest BCUT2D eigenvalue weighted by molar-refractivity contribution is 5.70. The van der Waals surface area contributed by atoms with Crippen molar-refractivity contribution in [1.29, 1.82) is 0 Å². The minimum absolute atomic E-state index is 0.141. The molecule has 0 bridgehead atoms. The number of hydrogen-bond donors (Lipinski definition) is 0. The molecule has 0 aromatic heterocycles. The lowest BCUT2D eigenvalue weighted by Crippen LogP contribution is -2.74. The summed E-state index contributed by atoms with van der Waals surface area (Å²) in [5.41, 5.74) is -4.95. The van der Waals surface area contributed by atoms with Crippen molar-refractivity contribution >= 4 is 11.9 Å². The highest BCUT2D eigenvalue weighted by Crippen LogP contribution is 2.65. The second kappa shape index (κ2) is 10.4. The van der Waals surface area contributed by atoms with Gasteiger partial charge in [0.25, 0.3) is 0 Å². The van der Waals surface area contributed by atoms with Crippen LogP contribution in [0.25, 0.3) is 0 Å². The summed E-state index contributed by atoms with van der Waals surface area (Å²) in [4.78, 5) is 22.1. The van der Waals surface area contributed by atoms with Crippen LogP contribution in [0.4, 0.5) is 74.6 Å². The van der Waals surface area contributed by atoms with Crippen LogP contribution in [0.5, 0.6) is 5.75 Å². The monoisotopic (exact) mass is 640 g/mol. The Labute approximate surface area is 216 Å². The van der Waals surface area contributed by atoms with Gasteiger partial charge >= 0.3 is 59.6 Å². The number of carbonyl (C=O) groups is 2. The average molecular weight is 640 g/mol. The number of aryl methyl sites for hydroxylation is 1. The van der Waals surface area contributed by atoms with Gasteiger partial charge in [-0.15, -0.1) is 0 Å². The minimum Gasteiger partial charge on any atom is -0.461 e. The molecule has 0 fully saturated rings. The van der Waals surface area contributed by atoms with Gasteiger partial charge in [-0.2, -0.15) is 74.6 Å². The second-order valence-corrected chi connectivity index (χ2v) is 8.17. The van der Waals surface area contributed by atoms with Gasteiger partial charge in [0.2, 0.25) is 0 Å². The van der Waals surface area contributed by atoms with Gasteiger partial charge in [-0.25, -0.2) is 0 Å². The Kier molecular flexibility index (Phi) is 9.09. The lowest BCUT2D eigenvalue weighted by Gasteiger charge is -2.43. The largest absolute Gasteiger partial charge is 0.461 e. The van der Waals surface area contributed by atoms with E-state index in [-0.39, 0.29) is 12.1 Å². The van der Waals surface area contributed by atoms with E-state index < -0.39 is 88.6 Å². The fourth-order valence-corrected chi connectivity index (χ4v) is 2.92. The Morgan fingerprint density at radius 3 is 1.37 bits per heavy atom. The van der Waals surface area contributed by atoms with Gasteiger partial charge in [0.05, 0.1) is 0 Å². The van der Waals surface area contributed by atoms with Crippen molar-refractivity contribution in [3.63, 3.8) is 0 Å². The van der Waals surface area contributed by atoms with E-state index in [0.29, 0.717) is 20.8 Å². The molecule has 0 saturated carbocycles. The van der Waals surface area contributed by atoms with E-state index in [4.69, 9.17) is 0 Å². The first kappa shape index (κ1) is 36.0. The van der Waals surface area contributed by atoms with E-state index in [1.165, 1.54) is 0 Å². The average Bonchev–Trinajstić information content (AvgIpc) is 2.77. The Morgan fingerprint density at radius 1 is 0.610 bits per heavy atom. The number of hydrogen-bond acceptors (Lipinski definition) is 4. The summed E-state index contributed by atoms with van der Waals surface area (Å²) in [6.07, 6.45) is -7.86. The van der Waals surface area contributed by atoms with Crippen LogP contribution in [0.15, 0.2) is 12.1 Å². The normalized spacial score (nSPS) is 14.6. The molecule has 1 rings (SSSR count). The zero-order valence-corrected chi connectivity index (χ0v) is 19.9. The molecule has 0 saturated heterocycles. The van der Waals surface area contributed by atoms with E-state index in [2.05, 4.69) is 9.47 Å². The van der Waals surface area contributed by atoms with Crippen LogP contribution >= 0.6 is 0 Å². The van der Waals surface area contributed by atoms with Crippen molar-refractivity contribution in [2.24, 2.45) is 0 Å². The fraction of sp³-hybridized carbons (Fsp3) is 0.600. The van der Waals surface area contributed by atoms with E-state index in [1.807, 2.05) is 0 Å². The van der Waals surface area contributed by atoms with Crippen LogP contribution in [-0.4, -0.2) is 53.7 Å². The van der Waals surface area contributed by atoms with Gasteiger partial charge in [-0.1, -0.05) is 0 Å². The number of ether oxygens (including phenoxy) is 2. The molecule has 1 aromatic carbocycles. The second-order valence-electron chi connectivity index (χ2n) is 8.17. The molecule has 4 nitrogen and oxygen atoms in total. The third kappa shape index (κ3) is 5.46. The van der Waals surface area contributed by atoms with Crippen LogP contribution in [0, 0.1) is 6.92 Å². The number of halogens is 17. The van der Waals surface area contributed by atoms with Crippen molar-refractivity contribution in [2.75, 3.05) is 0 Å². The fourth-order valence-electron chi connectivity index (χ4n) is 2.92. The topological polar surface area (TPSA) is 52.6 Å². The molecule has 41 heavy (non-hydrogen) atoms. The van der Waals surface area contributed by atoms with Crippen molar-refractivity contribution in [3.05, 3.63) is 28.8 Å². The van der Waals surface area contributed by atoms with Crippen LogP contribution in [0.2, 0.25) is 0 Å². The summed E-state index contributed by atoms with van der Waals surface area (Å²) in [5, 5.41) is 0. The molecule has 0 radical (unpaired) electrons. The van der Waals surface area contributed by atoms with Gasteiger partial charge in [-0.05, 0) is 24.6 Å². The quantitative estimate of drug-likeness (QED) is 0.152. The van der Waals surface area contributed by atoms with Crippen LogP contribution in [0.1, 0.15) is 30.5 Å². The lowest BCUT2D eigenvalue weighted by molar-refractivity contribution is -0.462. The Balaban J connectivity index is 3.93. The predicted octanol–water partition coefficient (Wildman–Crippen LogP) is 7.45. The Morgan fingerprint density at radius 2 is 1.00 bits per heavy atom. The number of esters is 2. The zero-order chi connectivity index (χ0) is 33.0. The SMILES string of the molecule is CC(=O)OCc1cc(OC(C)=O)c(C)cc1C(F)(F)C(F)(F)C(F)(F)C(F)(F)C(F)(F)C(F)(F)C(F)(F)C(F)(F)F. The molecule has 0 unspecified atom stereocenters. The Bertz CT molecular complexity index is 1170. The maximum atomic E-state index is 14.9. The molecule has 0 aliphatic heterocycles. The predicted molar refractivity (Wildman–Crippen MR) is 97.6 cm³/mol. The van der Waals surface area contributed by atoms with E-state index >= 15 is 0 Å². The first-order chi connectivity index (χ1) is 17.9. The molecule has 0 amide bonds. The van der Waals surface area contributed by atoms with Gasteiger partial charge < -0.3 is 9.47 Å². The molecule has 0 spiro atoms. The van der Waals surface area contributed by atoms with Gasteiger partial charge in [0.15, 0.2) is 0 Å². The maximum absolute atomic E-state index is 14.9. The van der Waals surface area contributed by atoms with Gasteiger partial charge in [-0.3, -0.25) is 9.59 Å². The summed E-state index contributed by atoms with van der Waals surface area (Å²) < 4.78 is 240. The van der Waals surface area contributed by atoms with Gasteiger partial charge in [0, 0.05) is 25.0 Å². The molecule has 236 valence electrons. The van der Waals surface area contributed by atoms with Crippen LogP contribution in [0.3, 0.4) is 0 Å². The number of benzene rings is 1. The maximum Gasteiger partial charge on any atom is 0.460 e.